The molecule has 2 rings (SSSR count). The largest absolute Gasteiger partial charge is 0.860 e. The van der Waals surface area contributed by atoms with Crippen LogP contribution in [0.1, 0.15) is 39.0 Å². The number of rotatable bonds is 6. The van der Waals surface area contributed by atoms with E-state index in [1.54, 1.807) is 14.1 Å². The van der Waals surface area contributed by atoms with Gasteiger partial charge in [0.2, 0.25) is 0 Å². The van der Waals surface area contributed by atoms with E-state index in [0.29, 0.717) is 15.9 Å². The monoisotopic (exact) mass is 340 g/mol. The lowest BCUT2D eigenvalue weighted by Crippen LogP contribution is -2.35. The molecule has 0 N–H and O–H groups in total. The molecule has 8 heteroatoms. The van der Waals surface area contributed by atoms with Gasteiger partial charge in [-0.25, -0.2) is 0 Å². The zero-order valence-corrected chi connectivity index (χ0v) is 14.7. The summed E-state index contributed by atoms with van der Waals surface area (Å²) in [5.74, 6) is -0.746. The number of nitrogens with zero attached hydrogens (tertiary/aromatic N) is 4. The summed E-state index contributed by atoms with van der Waals surface area (Å²) in [6.07, 6.45) is 3.74. The van der Waals surface area contributed by atoms with E-state index in [9.17, 15) is 10.2 Å². The average Bonchev–Trinajstić information content (AvgIpc) is 3.31. The third-order valence-electron chi connectivity index (χ3n) is 3.88. The van der Waals surface area contributed by atoms with Crippen molar-refractivity contribution in [2.24, 2.45) is 21.5 Å². The minimum Gasteiger partial charge on any atom is -0.860 e. The van der Waals surface area contributed by atoms with Crippen LogP contribution < -0.4 is 10.2 Å². The van der Waals surface area contributed by atoms with Crippen molar-refractivity contribution in [2.45, 2.75) is 39.0 Å². The lowest BCUT2D eigenvalue weighted by Gasteiger charge is -2.24. The Balaban J connectivity index is 1.89. The first kappa shape index (κ1) is 17.1. The van der Waals surface area contributed by atoms with Gasteiger partial charge in [-0.15, -0.1) is 0 Å². The summed E-state index contributed by atoms with van der Waals surface area (Å²) < 4.78 is 0. The van der Waals surface area contributed by atoms with Gasteiger partial charge in [0.25, 0.3) is 0 Å². The van der Waals surface area contributed by atoms with Crippen LogP contribution in [0, 0.1) is 11.3 Å². The first-order valence-electron chi connectivity index (χ1n) is 7.27. The summed E-state index contributed by atoms with van der Waals surface area (Å²) in [5, 5.41) is 34.0. The number of hydrogen-bond acceptors (Lipinski definition) is 6. The van der Waals surface area contributed by atoms with Gasteiger partial charge in [0, 0.05) is 31.8 Å². The maximum Gasteiger partial charge on any atom is 0.105 e. The Bertz CT molecular complexity index is 539. The van der Waals surface area contributed by atoms with Crippen LogP contribution in [0.4, 0.5) is 0 Å². The lowest BCUT2D eigenvalue weighted by atomic mass is 10.1. The Morgan fingerprint density at radius 1 is 1.09 bits per heavy atom. The Kier molecular flexibility index (Phi) is 5.01. The van der Waals surface area contributed by atoms with Crippen molar-refractivity contribution in [3.8, 4) is 0 Å². The molecule has 0 amide bonds. The Morgan fingerprint density at radius 3 is 2.05 bits per heavy atom. The van der Waals surface area contributed by atoms with Crippen molar-refractivity contribution >= 4 is 46.2 Å². The van der Waals surface area contributed by atoms with Crippen molar-refractivity contribution in [1.29, 1.82) is 0 Å². The highest BCUT2D eigenvalue weighted by molar-refractivity contribution is 7.80. The molecule has 0 unspecified atom stereocenters. The van der Waals surface area contributed by atoms with Crippen LogP contribution in [-0.4, -0.2) is 45.9 Å². The van der Waals surface area contributed by atoms with E-state index in [1.165, 1.54) is 10.0 Å². The molecule has 2 aliphatic rings. The number of hydrazone groups is 2. The van der Waals surface area contributed by atoms with Crippen LogP contribution in [-0.2, 0) is 0 Å². The molecule has 2 aliphatic carbocycles. The molecule has 0 aromatic rings. The summed E-state index contributed by atoms with van der Waals surface area (Å²) >= 11 is 10.5. The van der Waals surface area contributed by atoms with Crippen molar-refractivity contribution in [2.75, 3.05) is 14.1 Å². The summed E-state index contributed by atoms with van der Waals surface area (Å²) in [7, 11) is 3.27. The maximum absolute atomic E-state index is 11.8. The van der Waals surface area contributed by atoms with Crippen LogP contribution in [0.15, 0.2) is 10.2 Å². The molecule has 0 heterocycles. The van der Waals surface area contributed by atoms with E-state index in [4.69, 9.17) is 24.4 Å². The highest BCUT2D eigenvalue weighted by atomic mass is 32.1. The molecular weight excluding hydrogens is 320 g/mol. The predicted molar refractivity (Wildman–Crippen MR) is 90.3 cm³/mol. The Hall–Kier alpha value is -1.28. The molecule has 0 aromatic heterocycles. The highest BCUT2D eigenvalue weighted by Gasteiger charge is 2.43. The number of hydrogen-bond donors (Lipinski definition) is 0. The SMILES string of the molecule is CN(/N=C(\[O-])C/C([O-])=N/N(C)C(=S)C1(C)CC1)C(=S)C1CC1. The molecule has 2 saturated carbocycles. The van der Waals surface area contributed by atoms with Gasteiger partial charge in [0.15, 0.2) is 0 Å². The Labute approximate surface area is 141 Å². The van der Waals surface area contributed by atoms with Gasteiger partial charge in [0.05, 0.1) is 0 Å². The fraction of sp³-hybridized carbons (Fsp3) is 0.714. The fourth-order valence-electron chi connectivity index (χ4n) is 2.02. The standard InChI is InChI=1S/C14H22N4O2S2/c1-14(6-7-14)13(22)18(3)16-11(20)8-10(19)15-17(2)12(21)9-4-5-9/h9H,4-8H2,1-3H3,(H,15,19)(H,16,20)/p-2. The summed E-state index contributed by atoms with van der Waals surface area (Å²) in [6.45, 7) is 2.04. The summed E-state index contributed by atoms with van der Waals surface area (Å²) in [6, 6.07) is 0. The lowest BCUT2D eigenvalue weighted by molar-refractivity contribution is -0.234. The molecule has 2 fully saturated rings. The molecule has 0 saturated heterocycles. The van der Waals surface area contributed by atoms with Crippen LogP contribution in [0.25, 0.3) is 0 Å². The second kappa shape index (κ2) is 6.45. The third-order valence-corrected chi connectivity index (χ3v) is 5.24. The van der Waals surface area contributed by atoms with E-state index < -0.39 is 11.8 Å². The van der Waals surface area contributed by atoms with E-state index >= 15 is 0 Å². The predicted octanol–water partition coefficient (Wildman–Crippen LogP) is 0.453. The second-order valence-corrected chi connectivity index (χ2v) is 6.99. The molecule has 0 radical (unpaired) electrons. The summed E-state index contributed by atoms with van der Waals surface area (Å²) in [4.78, 5) is 1.29. The van der Waals surface area contributed by atoms with E-state index in [2.05, 4.69) is 10.2 Å². The van der Waals surface area contributed by atoms with Gasteiger partial charge in [0.1, 0.15) is 9.98 Å². The van der Waals surface area contributed by atoms with Crippen LogP contribution in [0.5, 0.6) is 0 Å². The molecule has 0 aromatic carbocycles. The normalized spacial score (nSPS) is 20.5. The zero-order chi connectivity index (χ0) is 16.5. The van der Waals surface area contributed by atoms with Gasteiger partial charge in [-0.2, -0.15) is 10.2 Å². The van der Waals surface area contributed by atoms with Gasteiger partial charge in [-0.3, -0.25) is 10.0 Å². The van der Waals surface area contributed by atoms with Crippen LogP contribution in [0.2, 0.25) is 0 Å². The second-order valence-electron chi connectivity index (χ2n) is 6.19. The van der Waals surface area contributed by atoms with Crippen molar-refractivity contribution < 1.29 is 10.2 Å². The fourth-order valence-corrected chi connectivity index (χ4v) is 2.54. The van der Waals surface area contributed by atoms with E-state index in [-0.39, 0.29) is 11.8 Å². The topological polar surface area (TPSA) is 77.3 Å². The van der Waals surface area contributed by atoms with Crippen molar-refractivity contribution in [3.05, 3.63) is 0 Å². The van der Waals surface area contributed by atoms with Crippen LogP contribution >= 0.6 is 24.4 Å². The quantitative estimate of drug-likeness (QED) is 0.302. The zero-order valence-electron chi connectivity index (χ0n) is 13.0. The number of thiocarbonyl (C=S) groups is 2. The molecule has 0 aliphatic heterocycles. The highest BCUT2D eigenvalue weighted by Crippen LogP contribution is 2.47. The summed E-state index contributed by atoms with van der Waals surface area (Å²) in [5.41, 5.74) is -0.0289. The molecule has 0 bridgehead atoms. The first-order valence-corrected chi connectivity index (χ1v) is 8.09. The smallest absolute Gasteiger partial charge is 0.105 e. The minimum absolute atomic E-state index is 0.0289. The first-order chi connectivity index (χ1) is 10.2. The third kappa shape index (κ3) is 4.36. The molecule has 0 atom stereocenters. The van der Waals surface area contributed by atoms with Gasteiger partial charge in [-0.05, 0) is 37.5 Å². The van der Waals surface area contributed by atoms with Crippen molar-refractivity contribution in [3.63, 3.8) is 0 Å². The maximum atomic E-state index is 11.8. The molecule has 22 heavy (non-hydrogen) atoms. The minimum atomic E-state index is -0.548. The van der Waals surface area contributed by atoms with Crippen LogP contribution in [0.3, 0.4) is 0 Å². The van der Waals surface area contributed by atoms with E-state index in [0.717, 1.165) is 25.7 Å². The molecule has 6 nitrogen and oxygen atoms in total. The molecular formula is C14H20N4O2S2-2. The molecule has 122 valence electrons. The van der Waals surface area contributed by atoms with Gasteiger partial charge in [-0.1, -0.05) is 31.4 Å². The van der Waals surface area contributed by atoms with Crippen molar-refractivity contribution in [1.82, 2.24) is 10.0 Å². The van der Waals surface area contributed by atoms with E-state index in [1.807, 2.05) is 6.92 Å². The average molecular weight is 340 g/mol. The Morgan fingerprint density at radius 2 is 1.59 bits per heavy atom. The molecule has 0 spiro atoms. The van der Waals surface area contributed by atoms with Gasteiger partial charge < -0.3 is 10.2 Å². The van der Waals surface area contributed by atoms with Gasteiger partial charge >= 0.3 is 0 Å².